The molecule has 28 heavy (non-hydrogen) atoms. The van der Waals surface area contributed by atoms with Gasteiger partial charge < -0.3 is 14.8 Å². The predicted molar refractivity (Wildman–Crippen MR) is 107 cm³/mol. The number of carbonyl (C=O) groups is 3. The van der Waals surface area contributed by atoms with Crippen molar-refractivity contribution in [3.05, 3.63) is 11.1 Å². The number of nitrogens with one attached hydrogen (secondary N) is 1. The van der Waals surface area contributed by atoms with E-state index in [1.807, 2.05) is 20.8 Å². The van der Waals surface area contributed by atoms with E-state index in [1.165, 1.54) is 5.57 Å². The smallest absolute Gasteiger partial charge is 0.408 e. The summed E-state index contributed by atoms with van der Waals surface area (Å²) in [5, 5.41) is 2.60. The van der Waals surface area contributed by atoms with Gasteiger partial charge in [0.25, 0.3) is 0 Å². The quantitative estimate of drug-likeness (QED) is 0.720. The Kier molecular flexibility index (Phi) is 6.62. The van der Waals surface area contributed by atoms with Crippen LogP contribution in [0.3, 0.4) is 0 Å². The summed E-state index contributed by atoms with van der Waals surface area (Å²) in [6.07, 6.45) is 3.24. The molecular weight excluding hydrogens is 358 g/mol. The Bertz CT molecular complexity index is 673. The van der Waals surface area contributed by atoms with Gasteiger partial charge in [0.15, 0.2) is 11.9 Å². The van der Waals surface area contributed by atoms with Gasteiger partial charge in [0, 0.05) is 6.42 Å². The Labute approximate surface area is 168 Å². The van der Waals surface area contributed by atoms with Crippen LogP contribution in [0.4, 0.5) is 4.79 Å². The molecule has 1 unspecified atom stereocenters. The maximum atomic E-state index is 12.8. The van der Waals surface area contributed by atoms with E-state index in [9.17, 15) is 14.4 Å². The Balaban J connectivity index is 2.12. The number of esters is 1. The second-order valence-corrected chi connectivity index (χ2v) is 9.73. The molecule has 0 radical (unpaired) electrons. The predicted octanol–water partition coefficient (Wildman–Crippen LogP) is 4.32. The molecule has 1 fully saturated rings. The summed E-state index contributed by atoms with van der Waals surface area (Å²) in [6.45, 7) is 12.9. The van der Waals surface area contributed by atoms with E-state index in [0.29, 0.717) is 6.42 Å². The lowest BCUT2D eigenvalue weighted by Gasteiger charge is -2.43. The van der Waals surface area contributed by atoms with Crippen molar-refractivity contribution in [2.45, 2.75) is 98.3 Å². The summed E-state index contributed by atoms with van der Waals surface area (Å²) in [7, 11) is 0. The van der Waals surface area contributed by atoms with Gasteiger partial charge in [0.1, 0.15) is 11.6 Å². The maximum absolute atomic E-state index is 12.8. The number of allylic oxidation sites excluding steroid dienone is 1. The number of hydrogen-bond donors (Lipinski definition) is 1. The van der Waals surface area contributed by atoms with E-state index in [2.05, 4.69) is 12.2 Å². The van der Waals surface area contributed by atoms with Crippen LogP contribution in [0.1, 0.15) is 80.6 Å². The molecule has 6 nitrogen and oxygen atoms in total. The topological polar surface area (TPSA) is 81.7 Å². The van der Waals surface area contributed by atoms with E-state index >= 15 is 0 Å². The van der Waals surface area contributed by atoms with Crippen LogP contribution in [0.15, 0.2) is 11.1 Å². The van der Waals surface area contributed by atoms with Crippen LogP contribution in [0, 0.1) is 11.3 Å². The normalized spacial score (nSPS) is 26.6. The van der Waals surface area contributed by atoms with Gasteiger partial charge in [-0.15, -0.1) is 0 Å². The Morgan fingerprint density at radius 2 is 1.86 bits per heavy atom. The molecule has 0 heterocycles. The number of hydrogen-bond acceptors (Lipinski definition) is 5. The van der Waals surface area contributed by atoms with Crippen LogP contribution in [0.25, 0.3) is 0 Å². The zero-order valence-electron chi connectivity index (χ0n) is 18.3. The SMILES string of the molecule is CC1=C2CCCC[C@@]2(C)C[C@@H](OC(=O)C(NC(=O)OC(C)(C)C)C(C)C)C1=O. The Morgan fingerprint density at radius 1 is 1.21 bits per heavy atom. The highest BCUT2D eigenvalue weighted by molar-refractivity contribution is 6.01. The fourth-order valence-corrected chi connectivity index (χ4v) is 4.27. The van der Waals surface area contributed by atoms with Gasteiger partial charge in [0.05, 0.1) is 0 Å². The van der Waals surface area contributed by atoms with Crippen LogP contribution >= 0.6 is 0 Å². The average molecular weight is 394 g/mol. The van der Waals surface area contributed by atoms with Crippen molar-refractivity contribution in [1.29, 1.82) is 0 Å². The van der Waals surface area contributed by atoms with Crippen LogP contribution < -0.4 is 5.32 Å². The molecule has 0 aromatic heterocycles. The van der Waals surface area contributed by atoms with Gasteiger partial charge in [-0.25, -0.2) is 9.59 Å². The summed E-state index contributed by atoms with van der Waals surface area (Å²) >= 11 is 0. The molecule has 0 saturated heterocycles. The zero-order valence-corrected chi connectivity index (χ0v) is 18.3. The monoisotopic (exact) mass is 393 g/mol. The number of ketones is 1. The van der Waals surface area contributed by atoms with Gasteiger partial charge in [-0.05, 0) is 63.9 Å². The second-order valence-electron chi connectivity index (χ2n) is 9.73. The third-order valence-corrected chi connectivity index (χ3v) is 5.74. The maximum Gasteiger partial charge on any atom is 0.408 e. The number of ether oxygens (including phenoxy) is 2. The van der Waals surface area contributed by atoms with Gasteiger partial charge in [-0.2, -0.15) is 0 Å². The fraction of sp³-hybridized carbons (Fsp3) is 0.773. The van der Waals surface area contributed by atoms with Crippen LogP contribution in [-0.2, 0) is 19.1 Å². The standard InChI is InChI=1S/C22H35NO5/c1-13(2)17(23-20(26)28-21(4,5)6)19(25)27-16-12-22(7)11-9-8-10-15(22)14(3)18(16)24/h13,16-17H,8-12H2,1-7H3,(H,23,26)/t16-,17?,22+/m1/s1. The van der Waals surface area contributed by atoms with Crippen molar-refractivity contribution in [3.8, 4) is 0 Å². The zero-order chi connectivity index (χ0) is 21.3. The van der Waals surface area contributed by atoms with E-state index in [1.54, 1.807) is 20.8 Å². The lowest BCUT2D eigenvalue weighted by atomic mass is 9.63. The van der Waals surface area contributed by atoms with Crippen molar-refractivity contribution < 1.29 is 23.9 Å². The van der Waals surface area contributed by atoms with Crippen molar-refractivity contribution in [3.63, 3.8) is 0 Å². The molecule has 0 aromatic rings. The molecular formula is C22H35NO5. The highest BCUT2D eigenvalue weighted by Crippen LogP contribution is 2.49. The van der Waals surface area contributed by atoms with E-state index in [0.717, 1.165) is 31.3 Å². The molecule has 2 aliphatic carbocycles. The number of alkyl carbamates (subject to hydrolysis) is 1. The average Bonchev–Trinajstić information content (AvgIpc) is 2.55. The van der Waals surface area contributed by atoms with Crippen molar-refractivity contribution in [2.24, 2.45) is 11.3 Å². The molecule has 2 rings (SSSR count). The third kappa shape index (κ3) is 5.15. The van der Waals surface area contributed by atoms with E-state index in [4.69, 9.17) is 9.47 Å². The molecule has 3 atom stereocenters. The van der Waals surface area contributed by atoms with Gasteiger partial charge in [0.2, 0.25) is 0 Å². The lowest BCUT2D eigenvalue weighted by molar-refractivity contribution is -0.159. The molecule has 0 aromatic carbocycles. The summed E-state index contributed by atoms with van der Waals surface area (Å²) < 4.78 is 10.9. The number of Topliss-reactive ketones (excluding diaryl/α,β-unsaturated/α-hetero) is 1. The number of fused-ring (bicyclic) bond motifs is 1. The minimum Gasteiger partial charge on any atom is -0.452 e. The van der Waals surface area contributed by atoms with Crippen LogP contribution in [-0.4, -0.2) is 35.6 Å². The molecule has 6 heteroatoms. The summed E-state index contributed by atoms with van der Waals surface area (Å²) in [6, 6.07) is -0.868. The number of amides is 1. The van der Waals surface area contributed by atoms with Crippen molar-refractivity contribution in [1.82, 2.24) is 5.32 Å². The second kappa shape index (κ2) is 8.26. The largest absolute Gasteiger partial charge is 0.452 e. The van der Waals surface area contributed by atoms with E-state index in [-0.39, 0.29) is 17.1 Å². The van der Waals surface area contributed by atoms with Gasteiger partial charge in [-0.3, -0.25) is 4.79 Å². The first-order chi connectivity index (χ1) is 12.8. The Hall–Kier alpha value is -1.85. The third-order valence-electron chi connectivity index (χ3n) is 5.74. The minimum absolute atomic E-state index is 0.0902. The molecule has 0 aliphatic heterocycles. The molecule has 1 amide bonds. The highest BCUT2D eigenvalue weighted by atomic mass is 16.6. The van der Waals surface area contributed by atoms with Crippen molar-refractivity contribution >= 4 is 17.8 Å². The highest BCUT2D eigenvalue weighted by Gasteiger charge is 2.45. The minimum atomic E-state index is -0.868. The molecule has 158 valence electrons. The first-order valence-electron chi connectivity index (χ1n) is 10.3. The van der Waals surface area contributed by atoms with Crippen LogP contribution in [0.5, 0.6) is 0 Å². The Morgan fingerprint density at radius 3 is 2.43 bits per heavy atom. The number of carbonyl (C=O) groups excluding carboxylic acids is 3. The van der Waals surface area contributed by atoms with Crippen LogP contribution in [0.2, 0.25) is 0 Å². The number of rotatable bonds is 4. The van der Waals surface area contributed by atoms with Gasteiger partial charge in [-0.1, -0.05) is 32.8 Å². The first kappa shape index (κ1) is 22.4. The van der Waals surface area contributed by atoms with Gasteiger partial charge >= 0.3 is 12.1 Å². The molecule has 2 aliphatic rings. The fourth-order valence-electron chi connectivity index (χ4n) is 4.27. The summed E-state index contributed by atoms with van der Waals surface area (Å²) in [5.74, 6) is -0.895. The molecule has 1 saturated carbocycles. The lowest BCUT2D eigenvalue weighted by Crippen LogP contribution is -2.50. The van der Waals surface area contributed by atoms with Crippen molar-refractivity contribution in [2.75, 3.05) is 0 Å². The molecule has 0 spiro atoms. The summed E-state index contributed by atoms with van der Waals surface area (Å²) in [5.41, 5.74) is 1.21. The molecule has 1 N–H and O–H groups in total. The van der Waals surface area contributed by atoms with E-state index < -0.39 is 29.8 Å². The summed E-state index contributed by atoms with van der Waals surface area (Å²) in [4.78, 5) is 37.7. The first-order valence-corrected chi connectivity index (χ1v) is 10.3. The molecule has 0 bridgehead atoms.